The number of halogens is 1. The van der Waals surface area contributed by atoms with Gasteiger partial charge in [-0.2, -0.15) is 0 Å². The van der Waals surface area contributed by atoms with Gasteiger partial charge in [0.05, 0.1) is 12.1 Å². The highest BCUT2D eigenvalue weighted by molar-refractivity contribution is 6.32. The van der Waals surface area contributed by atoms with E-state index in [1.54, 1.807) is 7.11 Å². The summed E-state index contributed by atoms with van der Waals surface area (Å²) in [5.74, 6) is 0.719. The molecule has 1 aliphatic rings. The second-order valence-electron chi connectivity index (χ2n) is 4.93. The summed E-state index contributed by atoms with van der Waals surface area (Å²) in [5, 5.41) is 0.660. The Hall–Kier alpha value is -0.730. The maximum absolute atomic E-state index is 6.19. The van der Waals surface area contributed by atoms with Gasteiger partial charge in [-0.15, -0.1) is 0 Å². The molecule has 2 nitrogen and oxygen atoms in total. The van der Waals surface area contributed by atoms with Crippen LogP contribution < -0.4 is 10.5 Å². The lowest BCUT2D eigenvalue weighted by Gasteiger charge is -2.19. The minimum atomic E-state index is 0.233. The van der Waals surface area contributed by atoms with E-state index >= 15 is 0 Å². The molecule has 0 bridgehead atoms. The first-order valence-electron chi connectivity index (χ1n) is 5.63. The predicted octanol–water partition coefficient (Wildman–Crippen LogP) is 3.02. The number of nitrogens with two attached hydrogens (primary N) is 1. The van der Waals surface area contributed by atoms with Gasteiger partial charge in [0, 0.05) is 6.04 Å². The van der Waals surface area contributed by atoms with Crippen LogP contribution in [-0.4, -0.2) is 13.2 Å². The molecule has 0 aliphatic heterocycles. The Balaban J connectivity index is 2.07. The average Bonchev–Trinajstić information content (AvgIpc) is 2.98. The molecule has 1 unspecified atom stereocenters. The molecule has 88 valence electrons. The monoisotopic (exact) mass is 239 g/mol. The van der Waals surface area contributed by atoms with Crippen molar-refractivity contribution in [2.45, 2.75) is 32.2 Å². The van der Waals surface area contributed by atoms with E-state index in [1.165, 1.54) is 18.4 Å². The largest absolute Gasteiger partial charge is 0.495 e. The Bertz CT molecular complexity index is 388. The summed E-state index contributed by atoms with van der Waals surface area (Å²) in [6.45, 7) is 2.25. The summed E-state index contributed by atoms with van der Waals surface area (Å²) in [4.78, 5) is 0. The summed E-state index contributed by atoms with van der Waals surface area (Å²) >= 11 is 6.08. The molecule has 2 N–H and O–H groups in total. The lowest BCUT2D eigenvalue weighted by molar-refractivity contribution is 0.414. The summed E-state index contributed by atoms with van der Waals surface area (Å²) in [6.07, 6.45) is 3.39. The van der Waals surface area contributed by atoms with Gasteiger partial charge in [-0.05, 0) is 42.4 Å². The molecule has 2 rings (SSSR count). The molecule has 1 aromatic rings. The van der Waals surface area contributed by atoms with Gasteiger partial charge >= 0.3 is 0 Å². The molecular formula is C13H18ClNO. The molecule has 1 aromatic carbocycles. The van der Waals surface area contributed by atoms with E-state index in [0.29, 0.717) is 10.4 Å². The fourth-order valence-electron chi connectivity index (χ4n) is 1.91. The van der Waals surface area contributed by atoms with Gasteiger partial charge in [-0.1, -0.05) is 24.6 Å². The smallest absolute Gasteiger partial charge is 0.137 e. The van der Waals surface area contributed by atoms with Crippen LogP contribution in [0.2, 0.25) is 5.02 Å². The number of hydrogen-bond acceptors (Lipinski definition) is 2. The van der Waals surface area contributed by atoms with Gasteiger partial charge in [0.2, 0.25) is 0 Å². The van der Waals surface area contributed by atoms with Gasteiger partial charge in [-0.25, -0.2) is 0 Å². The Kier molecular flexibility index (Phi) is 3.13. The number of benzene rings is 1. The molecule has 1 saturated carbocycles. The molecule has 0 aromatic heterocycles. The van der Waals surface area contributed by atoms with Crippen molar-refractivity contribution in [1.82, 2.24) is 0 Å². The van der Waals surface area contributed by atoms with E-state index < -0.39 is 0 Å². The molecule has 0 amide bonds. The molecule has 1 aliphatic carbocycles. The van der Waals surface area contributed by atoms with Crippen LogP contribution in [0, 0.1) is 5.41 Å². The van der Waals surface area contributed by atoms with Gasteiger partial charge in [0.25, 0.3) is 0 Å². The van der Waals surface area contributed by atoms with Crippen molar-refractivity contribution in [3.05, 3.63) is 28.8 Å². The Morgan fingerprint density at radius 1 is 1.50 bits per heavy atom. The molecule has 1 atom stereocenters. The quantitative estimate of drug-likeness (QED) is 0.877. The van der Waals surface area contributed by atoms with Crippen molar-refractivity contribution < 1.29 is 4.74 Å². The first-order valence-corrected chi connectivity index (χ1v) is 6.01. The van der Waals surface area contributed by atoms with Crippen LogP contribution in [-0.2, 0) is 6.42 Å². The molecular weight excluding hydrogens is 222 g/mol. The maximum atomic E-state index is 6.19. The van der Waals surface area contributed by atoms with Gasteiger partial charge in [-0.3, -0.25) is 0 Å². The Morgan fingerprint density at radius 3 is 2.69 bits per heavy atom. The van der Waals surface area contributed by atoms with Crippen molar-refractivity contribution in [2.24, 2.45) is 11.1 Å². The van der Waals surface area contributed by atoms with Crippen LogP contribution in [0.5, 0.6) is 5.75 Å². The zero-order chi connectivity index (χ0) is 11.8. The third kappa shape index (κ3) is 2.33. The lowest BCUT2D eigenvalue weighted by Crippen LogP contribution is -2.31. The summed E-state index contributed by atoms with van der Waals surface area (Å²) < 4.78 is 5.12. The minimum Gasteiger partial charge on any atom is -0.495 e. The first kappa shape index (κ1) is 11.7. The highest BCUT2D eigenvalue weighted by Gasteiger charge is 2.42. The van der Waals surface area contributed by atoms with Gasteiger partial charge in [0.1, 0.15) is 5.75 Å². The van der Waals surface area contributed by atoms with Crippen molar-refractivity contribution in [2.75, 3.05) is 7.11 Å². The van der Waals surface area contributed by atoms with E-state index in [2.05, 4.69) is 6.92 Å². The molecule has 0 spiro atoms. The van der Waals surface area contributed by atoms with Crippen LogP contribution in [0.1, 0.15) is 25.3 Å². The van der Waals surface area contributed by atoms with Gasteiger partial charge < -0.3 is 10.5 Å². The number of ether oxygens (including phenoxy) is 1. The predicted molar refractivity (Wildman–Crippen MR) is 67.0 cm³/mol. The van der Waals surface area contributed by atoms with Gasteiger partial charge in [0.15, 0.2) is 0 Å². The highest BCUT2D eigenvalue weighted by atomic mass is 35.5. The Morgan fingerprint density at radius 2 is 2.19 bits per heavy atom. The third-order valence-electron chi connectivity index (χ3n) is 3.61. The third-order valence-corrected chi connectivity index (χ3v) is 3.90. The lowest BCUT2D eigenvalue weighted by atomic mass is 9.93. The molecule has 0 saturated heterocycles. The van der Waals surface area contributed by atoms with E-state index in [-0.39, 0.29) is 6.04 Å². The van der Waals surface area contributed by atoms with Crippen LogP contribution >= 0.6 is 11.6 Å². The normalized spacial score (nSPS) is 19.2. The SMILES string of the molecule is COc1ccc(CC(N)C2(C)CC2)cc1Cl. The average molecular weight is 240 g/mol. The fourth-order valence-corrected chi connectivity index (χ4v) is 2.19. The first-order chi connectivity index (χ1) is 7.55. The summed E-state index contributed by atoms with van der Waals surface area (Å²) in [5.41, 5.74) is 7.73. The van der Waals surface area contributed by atoms with Crippen molar-refractivity contribution >= 4 is 11.6 Å². The second-order valence-corrected chi connectivity index (χ2v) is 5.34. The molecule has 1 fully saturated rings. The van der Waals surface area contributed by atoms with E-state index in [0.717, 1.165) is 12.2 Å². The van der Waals surface area contributed by atoms with E-state index in [9.17, 15) is 0 Å². The van der Waals surface area contributed by atoms with E-state index in [4.69, 9.17) is 22.1 Å². The highest BCUT2D eigenvalue weighted by Crippen LogP contribution is 2.48. The van der Waals surface area contributed by atoms with E-state index in [1.807, 2.05) is 18.2 Å². The van der Waals surface area contributed by atoms with Crippen LogP contribution in [0.25, 0.3) is 0 Å². The molecule has 3 heteroatoms. The molecule has 16 heavy (non-hydrogen) atoms. The zero-order valence-electron chi connectivity index (χ0n) is 9.79. The van der Waals surface area contributed by atoms with Crippen molar-refractivity contribution in [1.29, 1.82) is 0 Å². The molecule has 0 heterocycles. The van der Waals surface area contributed by atoms with Crippen LogP contribution in [0.4, 0.5) is 0 Å². The molecule has 0 radical (unpaired) electrons. The topological polar surface area (TPSA) is 35.2 Å². The standard InChI is InChI=1S/C13H18ClNO/c1-13(5-6-13)12(15)8-9-3-4-11(16-2)10(14)7-9/h3-4,7,12H,5-6,8,15H2,1-2H3. The Labute approximate surface area is 102 Å². The van der Waals surface area contributed by atoms with Crippen molar-refractivity contribution in [3.8, 4) is 5.75 Å². The van der Waals surface area contributed by atoms with Crippen LogP contribution in [0.3, 0.4) is 0 Å². The van der Waals surface area contributed by atoms with Crippen LogP contribution in [0.15, 0.2) is 18.2 Å². The minimum absolute atomic E-state index is 0.233. The maximum Gasteiger partial charge on any atom is 0.137 e. The number of hydrogen-bond donors (Lipinski definition) is 1. The second kappa shape index (κ2) is 4.27. The van der Waals surface area contributed by atoms with Crippen molar-refractivity contribution in [3.63, 3.8) is 0 Å². The fraction of sp³-hybridized carbons (Fsp3) is 0.538. The summed E-state index contributed by atoms with van der Waals surface area (Å²) in [6, 6.07) is 6.12. The number of methoxy groups -OCH3 is 1. The number of rotatable bonds is 4. The zero-order valence-corrected chi connectivity index (χ0v) is 10.6. The summed E-state index contributed by atoms with van der Waals surface area (Å²) in [7, 11) is 1.62.